The van der Waals surface area contributed by atoms with Crippen molar-refractivity contribution in [2.24, 2.45) is 0 Å². The van der Waals surface area contributed by atoms with Crippen LogP contribution in [-0.4, -0.2) is 41.0 Å². The van der Waals surface area contributed by atoms with Crippen molar-refractivity contribution in [3.8, 4) is 0 Å². The largest absolute Gasteiger partial charge is 0.319 e. The molecule has 0 aliphatic carbocycles. The van der Waals surface area contributed by atoms with Gasteiger partial charge in [0.05, 0.1) is 4.90 Å². The predicted molar refractivity (Wildman–Crippen MR) is 90.9 cm³/mol. The molecule has 1 aromatic carbocycles. The van der Waals surface area contributed by atoms with Crippen LogP contribution in [0.4, 0.5) is 5.69 Å². The van der Waals surface area contributed by atoms with Gasteiger partial charge in [0.15, 0.2) is 0 Å². The van der Waals surface area contributed by atoms with Crippen LogP contribution in [0.3, 0.4) is 0 Å². The first-order valence-electron chi connectivity index (χ1n) is 7.36. The number of carbonyl (C=O) groups excluding carboxylic acids is 1. The van der Waals surface area contributed by atoms with Gasteiger partial charge in [-0.1, -0.05) is 6.07 Å². The molecule has 0 unspecified atom stereocenters. The number of hydrogen-bond donors (Lipinski definition) is 2. The summed E-state index contributed by atoms with van der Waals surface area (Å²) in [4.78, 5) is 20.8. The topological polar surface area (TPSA) is 118 Å². The van der Waals surface area contributed by atoms with Gasteiger partial charge in [0.2, 0.25) is 15.8 Å². The van der Waals surface area contributed by atoms with Crippen molar-refractivity contribution in [1.82, 2.24) is 24.3 Å². The molecular formula is C15H16N6O3S. The molecule has 130 valence electrons. The molecule has 0 saturated carbocycles. The second kappa shape index (κ2) is 6.22. The molecule has 3 rings (SSSR count). The molecule has 2 heterocycles. The van der Waals surface area contributed by atoms with Gasteiger partial charge in [0, 0.05) is 17.1 Å². The number of hydrogen-bond acceptors (Lipinski definition) is 6. The highest BCUT2D eigenvalue weighted by molar-refractivity contribution is 7.89. The summed E-state index contributed by atoms with van der Waals surface area (Å²) < 4.78 is 27.4. The fraction of sp³-hybridized carbons (Fsp3) is 0.200. The lowest BCUT2D eigenvalue weighted by molar-refractivity contribution is 0.101. The monoisotopic (exact) mass is 360 g/mol. The number of sulfonamides is 1. The quantitative estimate of drug-likeness (QED) is 0.714. The highest BCUT2D eigenvalue weighted by Gasteiger charge is 2.17. The summed E-state index contributed by atoms with van der Waals surface area (Å²) in [6.07, 6.45) is 0. The van der Waals surface area contributed by atoms with E-state index in [2.05, 4.69) is 25.1 Å². The predicted octanol–water partition coefficient (Wildman–Crippen LogP) is 0.902. The summed E-state index contributed by atoms with van der Waals surface area (Å²) in [5.41, 5.74) is 1.89. The minimum Gasteiger partial charge on any atom is -0.319 e. The maximum atomic E-state index is 12.4. The highest BCUT2D eigenvalue weighted by Crippen LogP contribution is 2.16. The number of carbonyl (C=O) groups is 1. The molecule has 0 aliphatic heterocycles. The van der Waals surface area contributed by atoms with E-state index in [1.165, 1.54) is 29.8 Å². The third kappa shape index (κ3) is 3.35. The Morgan fingerprint density at radius 1 is 1.16 bits per heavy atom. The Kier molecular flexibility index (Phi) is 4.23. The first-order chi connectivity index (χ1) is 11.8. The lowest BCUT2D eigenvalue weighted by Gasteiger charge is -2.06. The zero-order valence-corrected chi connectivity index (χ0v) is 14.6. The smallest absolute Gasteiger partial charge is 0.295 e. The summed E-state index contributed by atoms with van der Waals surface area (Å²) in [6.45, 7) is 3.67. The summed E-state index contributed by atoms with van der Waals surface area (Å²) >= 11 is 0. The van der Waals surface area contributed by atoms with E-state index >= 15 is 0 Å². The second-order valence-corrected chi connectivity index (χ2v) is 7.26. The number of aryl methyl sites for hydroxylation is 2. The molecule has 2 N–H and O–H groups in total. The van der Waals surface area contributed by atoms with E-state index in [1.807, 2.05) is 19.9 Å². The number of anilines is 1. The van der Waals surface area contributed by atoms with E-state index in [0.717, 1.165) is 11.4 Å². The van der Waals surface area contributed by atoms with Crippen molar-refractivity contribution >= 4 is 27.4 Å². The maximum absolute atomic E-state index is 12.4. The van der Waals surface area contributed by atoms with Crippen LogP contribution >= 0.6 is 0 Å². The Hall–Kier alpha value is -2.85. The van der Waals surface area contributed by atoms with E-state index in [4.69, 9.17) is 0 Å². The Balaban J connectivity index is 1.90. The van der Waals surface area contributed by atoms with Crippen molar-refractivity contribution in [3.63, 3.8) is 0 Å². The molecule has 0 fully saturated rings. The molecule has 0 aliphatic rings. The highest BCUT2D eigenvalue weighted by atomic mass is 32.2. The SMILES string of the molecule is CNS(=O)(=O)c1cccc(NC(=O)c2nc3nc(C)cc(C)n3n2)c1. The first kappa shape index (κ1) is 17.0. The second-order valence-electron chi connectivity index (χ2n) is 5.38. The zero-order valence-electron chi connectivity index (χ0n) is 13.8. The molecular weight excluding hydrogens is 344 g/mol. The molecule has 25 heavy (non-hydrogen) atoms. The Morgan fingerprint density at radius 3 is 2.64 bits per heavy atom. The van der Waals surface area contributed by atoms with E-state index in [1.54, 1.807) is 6.07 Å². The van der Waals surface area contributed by atoms with Crippen LogP contribution < -0.4 is 10.0 Å². The average Bonchev–Trinajstić information content (AvgIpc) is 2.99. The lowest BCUT2D eigenvalue weighted by atomic mass is 10.3. The number of benzene rings is 1. The third-order valence-electron chi connectivity index (χ3n) is 3.49. The number of aromatic nitrogens is 4. The van der Waals surface area contributed by atoms with Gasteiger partial charge in [-0.2, -0.15) is 4.98 Å². The molecule has 0 spiro atoms. The van der Waals surface area contributed by atoms with Gasteiger partial charge in [-0.05, 0) is 45.2 Å². The van der Waals surface area contributed by atoms with Gasteiger partial charge < -0.3 is 5.32 Å². The van der Waals surface area contributed by atoms with Gasteiger partial charge in [0.1, 0.15) is 0 Å². The third-order valence-corrected chi connectivity index (χ3v) is 4.90. The van der Waals surface area contributed by atoms with Gasteiger partial charge in [-0.3, -0.25) is 4.79 Å². The van der Waals surface area contributed by atoms with Gasteiger partial charge in [0.25, 0.3) is 11.7 Å². The van der Waals surface area contributed by atoms with E-state index < -0.39 is 15.9 Å². The number of amides is 1. The standard InChI is InChI=1S/C15H16N6O3S/c1-9-7-10(2)21-15(17-9)19-13(20-21)14(22)18-11-5-4-6-12(8-11)25(23,24)16-3/h4-8,16H,1-3H3,(H,18,22). The number of nitrogens with one attached hydrogen (secondary N) is 2. The summed E-state index contributed by atoms with van der Waals surface area (Å²) in [7, 11) is -2.28. The molecule has 0 atom stereocenters. The van der Waals surface area contributed by atoms with Gasteiger partial charge >= 0.3 is 0 Å². The van der Waals surface area contributed by atoms with Gasteiger partial charge in [-0.15, -0.1) is 5.10 Å². The molecule has 0 bridgehead atoms. The Bertz CT molecular complexity index is 1070. The average molecular weight is 360 g/mol. The fourth-order valence-electron chi connectivity index (χ4n) is 2.31. The number of fused-ring (bicyclic) bond motifs is 1. The number of rotatable bonds is 4. The summed E-state index contributed by atoms with van der Waals surface area (Å²) in [5.74, 6) is -0.279. The Labute approximate surface area is 144 Å². The van der Waals surface area contributed by atoms with Crippen LogP contribution in [0.1, 0.15) is 22.0 Å². The maximum Gasteiger partial charge on any atom is 0.295 e. The van der Waals surface area contributed by atoms with Crippen molar-refractivity contribution in [1.29, 1.82) is 0 Å². The fourth-order valence-corrected chi connectivity index (χ4v) is 3.08. The normalized spacial score (nSPS) is 11.6. The minimum atomic E-state index is -3.60. The van der Waals surface area contributed by atoms with Gasteiger partial charge in [-0.25, -0.2) is 22.6 Å². The molecule has 9 nitrogen and oxygen atoms in total. The number of nitrogens with zero attached hydrogens (tertiary/aromatic N) is 4. The van der Waals surface area contributed by atoms with E-state index in [0.29, 0.717) is 11.5 Å². The van der Waals surface area contributed by atoms with E-state index in [-0.39, 0.29) is 10.7 Å². The summed E-state index contributed by atoms with van der Waals surface area (Å²) in [5, 5.41) is 6.73. The molecule has 10 heteroatoms. The van der Waals surface area contributed by atoms with E-state index in [9.17, 15) is 13.2 Å². The lowest BCUT2D eigenvalue weighted by Crippen LogP contribution is -2.19. The van der Waals surface area contributed by atoms with Crippen LogP contribution in [0.5, 0.6) is 0 Å². The van der Waals surface area contributed by atoms with Crippen molar-refractivity contribution < 1.29 is 13.2 Å². The van der Waals surface area contributed by atoms with Crippen molar-refractivity contribution in [2.45, 2.75) is 18.7 Å². The minimum absolute atomic E-state index is 0.0453. The first-order valence-corrected chi connectivity index (χ1v) is 8.84. The zero-order chi connectivity index (χ0) is 18.2. The van der Waals surface area contributed by atoms with Crippen LogP contribution in [-0.2, 0) is 10.0 Å². The molecule has 3 aromatic rings. The van der Waals surface area contributed by atoms with Crippen LogP contribution in [0.25, 0.3) is 5.78 Å². The molecule has 0 saturated heterocycles. The van der Waals surface area contributed by atoms with Crippen LogP contribution in [0.2, 0.25) is 0 Å². The molecule has 2 aromatic heterocycles. The van der Waals surface area contributed by atoms with Crippen LogP contribution in [0, 0.1) is 13.8 Å². The molecule has 0 radical (unpaired) electrons. The Morgan fingerprint density at radius 2 is 1.92 bits per heavy atom. The van der Waals surface area contributed by atoms with Crippen molar-refractivity contribution in [3.05, 3.63) is 47.5 Å². The summed E-state index contributed by atoms with van der Waals surface area (Å²) in [6, 6.07) is 7.73. The van der Waals surface area contributed by atoms with Crippen molar-refractivity contribution in [2.75, 3.05) is 12.4 Å². The molecule has 1 amide bonds. The van der Waals surface area contributed by atoms with Crippen LogP contribution in [0.15, 0.2) is 35.2 Å².